The molecule has 0 aromatic heterocycles. The van der Waals surface area contributed by atoms with E-state index in [0.29, 0.717) is 10.9 Å². The number of carbonyl (C=O) groups excluding carboxylic acids is 2. The van der Waals surface area contributed by atoms with Gasteiger partial charge in [0.1, 0.15) is 0 Å². The number of ketones is 1. The third-order valence-corrected chi connectivity index (χ3v) is 2.92. The van der Waals surface area contributed by atoms with Crippen LogP contribution in [0, 0.1) is 0 Å². The van der Waals surface area contributed by atoms with Crippen LogP contribution in [-0.4, -0.2) is 24.2 Å². The van der Waals surface area contributed by atoms with E-state index in [0.717, 1.165) is 5.56 Å². The Morgan fingerprint density at radius 2 is 1.88 bits per heavy atom. The third kappa shape index (κ3) is 2.92. The van der Waals surface area contributed by atoms with Crippen molar-refractivity contribution < 1.29 is 14.3 Å². The molecule has 0 aliphatic carbocycles. The molecular formula is C12H13BrO3. The molecule has 1 aromatic carbocycles. The molecule has 4 heteroatoms. The molecule has 0 radical (unpaired) electrons. The number of carbonyl (C=O) groups is 2. The lowest BCUT2D eigenvalue weighted by atomic mass is 9.99. The molecule has 0 spiro atoms. The summed E-state index contributed by atoms with van der Waals surface area (Å²) in [5.74, 6) is -0.560. The molecule has 16 heavy (non-hydrogen) atoms. The second-order valence-electron chi connectivity index (χ2n) is 3.42. The van der Waals surface area contributed by atoms with Crippen LogP contribution in [0.25, 0.3) is 0 Å². The van der Waals surface area contributed by atoms with Crippen LogP contribution in [0.5, 0.6) is 0 Å². The summed E-state index contributed by atoms with van der Waals surface area (Å²) in [6.07, 6.45) is 0. The van der Waals surface area contributed by atoms with Gasteiger partial charge in [0, 0.05) is 5.56 Å². The van der Waals surface area contributed by atoms with Gasteiger partial charge in [0.25, 0.3) is 0 Å². The molecule has 0 amide bonds. The second kappa shape index (κ2) is 5.80. The zero-order chi connectivity index (χ0) is 12.1. The van der Waals surface area contributed by atoms with Crippen LogP contribution in [0.4, 0.5) is 0 Å². The maximum absolute atomic E-state index is 11.3. The highest BCUT2D eigenvalue weighted by Gasteiger charge is 2.15. The van der Waals surface area contributed by atoms with E-state index in [2.05, 4.69) is 20.7 Å². The Labute approximate surface area is 103 Å². The number of hydrogen-bond donors (Lipinski definition) is 0. The Morgan fingerprint density at radius 3 is 2.31 bits per heavy atom. The monoisotopic (exact) mass is 284 g/mol. The van der Waals surface area contributed by atoms with Crippen LogP contribution < -0.4 is 0 Å². The van der Waals surface area contributed by atoms with E-state index >= 15 is 0 Å². The van der Waals surface area contributed by atoms with Crippen LogP contribution >= 0.6 is 15.9 Å². The smallest absolute Gasteiger partial charge is 0.312 e. The number of methoxy groups -OCH3 is 1. The van der Waals surface area contributed by atoms with Crippen molar-refractivity contribution in [1.29, 1.82) is 0 Å². The van der Waals surface area contributed by atoms with E-state index < -0.39 is 0 Å². The number of rotatable bonds is 4. The number of halogens is 1. The molecule has 0 heterocycles. The normalized spacial score (nSPS) is 11.9. The van der Waals surface area contributed by atoms with E-state index in [1.165, 1.54) is 7.11 Å². The molecule has 0 bridgehead atoms. The van der Waals surface area contributed by atoms with Crippen molar-refractivity contribution in [2.45, 2.75) is 12.8 Å². The van der Waals surface area contributed by atoms with Gasteiger partial charge in [0.05, 0.1) is 18.4 Å². The zero-order valence-electron chi connectivity index (χ0n) is 9.20. The Kier molecular flexibility index (Phi) is 4.68. The van der Waals surface area contributed by atoms with E-state index in [-0.39, 0.29) is 17.7 Å². The minimum atomic E-state index is -0.307. The molecule has 1 aromatic rings. The lowest BCUT2D eigenvalue weighted by molar-refractivity contribution is -0.141. The minimum Gasteiger partial charge on any atom is -0.469 e. The first-order valence-corrected chi connectivity index (χ1v) is 5.99. The van der Waals surface area contributed by atoms with Gasteiger partial charge in [-0.25, -0.2) is 0 Å². The van der Waals surface area contributed by atoms with Gasteiger partial charge in [-0.1, -0.05) is 40.2 Å². The first-order chi connectivity index (χ1) is 7.60. The van der Waals surface area contributed by atoms with Crippen molar-refractivity contribution in [3.05, 3.63) is 35.4 Å². The second-order valence-corrected chi connectivity index (χ2v) is 3.98. The summed E-state index contributed by atoms with van der Waals surface area (Å²) in [7, 11) is 1.36. The number of hydrogen-bond acceptors (Lipinski definition) is 3. The third-order valence-electron chi connectivity index (χ3n) is 2.41. The number of alkyl halides is 1. The van der Waals surface area contributed by atoms with Crippen molar-refractivity contribution in [3.63, 3.8) is 0 Å². The van der Waals surface area contributed by atoms with Crippen LogP contribution in [-0.2, 0) is 9.53 Å². The van der Waals surface area contributed by atoms with Crippen molar-refractivity contribution in [2.75, 3.05) is 12.4 Å². The molecule has 0 saturated carbocycles. The molecule has 0 fully saturated rings. The highest BCUT2D eigenvalue weighted by Crippen LogP contribution is 2.17. The standard InChI is InChI=1S/C12H13BrO3/c1-8(12(15)16-2)9-3-5-10(6-4-9)11(14)7-13/h3-6,8H,7H2,1-2H3. The van der Waals surface area contributed by atoms with E-state index in [1.54, 1.807) is 31.2 Å². The summed E-state index contributed by atoms with van der Waals surface area (Å²) < 4.78 is 4.65. The molecule has 86 valence electrons. The minimum absolute atomic E-state index is 0.0253. The van der Waals surface area contributed by atoms with Gasteiger partial charge in [-0.05, 0) is 12.5 Å². The average Bonchev–Trinajstić information content (AvgIpc) is 2.36. The summed E-state index contributed by atoms with van der Waals surface area (Å²) in [4.78, 5) is 22.6. The number of Topliss-reactive ketones (excluding diaryl/α,β-unsaturated/α-hetero) is 1. The topological polar surface area (TPSA) is 43.4 Å². The number of benzene rings is 1. The van der Waals surface area contributed by atoms with Crippen LogP contribution in [0.3, 0.4) is 0 Å². The van der Waals surface area contributed by atoms with Gasteiger partial charge in [0.15, 0.2) is 5.78 Å². The van der Waals surface area contributed by atoms with Crippen molar-refractivity contribution in [3.8, 4) is 0 Å². The summed E-state index contributed by atoms with van der Waals surface area (Å²) in [5, 5.41) is 0.304. The SMILES string of the molecule is COC(=O)C(C)c1ccc(C(=O)CBr)cc1. The highest BCUT2D eigenvalue weighted by molar-refractivity contribution is 9.09. The molecule has 0 aliphatic heterocycles. The lowest BCUT2D eigenvalue weighted by Crippen LogP contribution is -2.11. The van der Waals surface area contributed by atoms with Crippen molar-refractivity contribution in [1.82, 2.24) is 0 Å². The van der Waals surface area contributed by atoms with E-state index in [4.69, 9.17) is 0 Å². The number of ether oxygens (including phenoxy) is 1. The van der Waals surface area contributed by atoms with E-state index in [1.807, 2.05) is 0 Å². The first kappa shape index (κ1) is 12.9. The maximum Gasteiger partial charge on any atom is 0.312 e. The summed E-state index contributed by atoms with van der Waals surface area (Å²) >= 11 is 3.11. The van der Waals surface area contributed by atoms with Gasteiger partial charge in [-0.15, -0.1) is 0 Å². The molecule has 0 saturated heterocycles. The van der Waals surface area contributed by atoms with Gasteiger partial charge in [-0.2, -0.15) is 0 Å². The average molecular weight is 285 g/mol. The van der Waals surface area contributed by atoms with Crippen LogP contribution in [0.2, 0.25) is 0 Å². The molecule has 0 N–H and O–H groups in total. The number of esters is 1. The Bertz CT molecular complexity index is 384. The Balaban J connectivity index is 2.86. The molecule has 1 unspecified atom stereocenters. The predicted octanol–water partition coefficient (Wildman–Crippen LogP) is 2.54. The summed E-state index contributed by atoms with van der Waals surface area (Å²) in [5.41, 5.74) is 1.48. The fourth-order valence-corrected chi connectivity index (χ4v) is 1.67. The van der Waals surface area contributed by atoms with Crippen molar-refractivity contribution in [2.24, 2.45) is 0 Å². The summed E-state index contributed by atoms with van der Waals surface area (Å²) in [6, 6.07) is 6.99. The van der Waals surface area contributed by atoms with Gasteiger partial charge < -0.3 is 4.74 Å². The van der Waals surface area contributed by atoms with E-state index in [9.17, 15) is 9.59 Å². The lowest BCUT2D eigenvalue weighted by Gasteiger charge is -2.09. The zero-order valence-corrected chi connectivity index (χ0v) is 10.8. The first-order valence-electron chi connectivity index (χ1n) is 4.87. The van der Waals surface area contributed by atoms with Crippen LogP contribution in [0.1, 0.15) is 28.8 Å². The summed E-state index contributed by atoms with van der Waals surface area (Å²) in [6.45, 7) is 1.77. The highest BCUT2D eigenvalue weighted by atomic mass is 79.9. The largest absolute Gasteiger partial charge is 0.469 e. The Morgan fingerprint density at radius 1 is 1.31 bits per heavy atom. The Hall–Kier alpha value is -1.16. The van der Waals surface area contributed by atoms with Gasteiger partial charge >= 0.3 is 5.97 Å². The fraction of sp³-hybridized carbons (Fsp3) is 0.333. The molecule has 0 aliphatic rings. The van der Waals surface area contributed by atoms with Gasteiger partial charge in [0.2, 0.25) is 0 Å². The molecule has 3 nitrogen and oxygen atoms in total. The molecule has 1 atom stereocenters. The molecule has 1 rings (SSSR count). The maximum atomic E-state index is 11.3. The predicted molar refractivity (Wildman–Crippen MR) is 65.0 cm³/mol. The molecular weight excluding hydrogens is 272 g/mol. The van der Waals surface area contributed by atoms with Crippen molar-refractivity contribution >= 4 is 27.7 Å². The fourth-order valence-electron chi connectivity index (χ4n) is 1.35. The quantitative estimate of drug-likeness (QED) is 0.485. The van der Waals surface area contributed by atoms with Gasteiger partial charge in [-0.3, -0.25) is 9.59 Å². The van der Waals surface area contributed by atoms with Crippen LogP contribution in [0.15, 0.2) is 24.3 Å².